The molecule has 5 nitrogen and oxygen atoms in total. The molecule has 0 aliphatic rings. The Hall–Kier alpha value is -1.20. The molecule has 0 aliphatic carbocycles. The van der Waals surface area contributed by atoms with E-state index in [2.05, 4.69) is 9.97 Å². The third-order valence-corrected chi connectivity index (χ3v) is 2.30. The molecule has 0 radical (unpaired) electrons. The van der Waals surface area contributed by atoms with Crippen molar-refractivity contribution in [3.63, 3.8) is 0 Å². The van der Waals surface area contributed by atoms with E-state index in [1.54, 1.807) is 0 Å². The monoisotopic (exact) mass is 244 g/mol. The summed E-state index contributed by atoms with van der Waals surface area (Å²) in [5.41, 5.74) is 0.429. The third-order valence-electron chi connectivity index (χ3n) is 2.01. The molecule has 0 bridgehead atoms. The van der Waals surface area contributed by atoms with E-state index in [9.17, 15) is 4.79 Å². The number of ether oxygens (including phenoxy) is 1. The quantitative estimate of drug-likeness (QED) is 0.861. The number of carboxylic acids is 1. The zero-order valence-electron chi connectivity index (χ0n) is 9.11. The minimum atomic E-state index is -1.18. The van der Waals surface area contributed by atoms with E-state index in [0.29, 0.717) is 23.7 Å². The normalized spacial score (nSPS) is 12.4. The minimum Gasteiger partial charge on any atom is -0.475 e. The van der Waals surface area contributed by atoms with Crippen molar-refractivity contribution in [3.8, 4) is 0 Å². The maximum absolute atomic E-state index is 10.7. The molecule has 0 saturated carbocycles. The van der Waals surface area contributed by atoms with Crippen LogP contribution in [0.3, 0.4) is 0 Å². The Morgan fingerprint density at radius 2 is 2.31 bits per heavy atom. The van der Waals surface area contributed by atoms with Gasteiger partial charge in [-0.3, -0.25) is 0 Å². The highest BCUT2D eigenvalue weighted by atomic mass is 35.5. The molecule has 0 amide bonds. The van der Waals surface area contributed by atoms with Crippen molar-refractivity contribution < 1.29 is 14.6 Å². The second-order valence-corrected chi connectivity index (χ2v) is 3.49. The summed E-state index contributed by atoms with van der Waals surface area (Å²) < 4.78 is 5.43. The van der Waals surface area contributed by atoms with E-state index >= 15 is 0 Å². The third kappa shape index (κ3) is 2.90. The van der Waals surface area contributed by atoms with Gasteiger partial charge in [-0.25, -0.2) is 14.8 Å². The topological polar surface area (TPSA) is 72.3 Å². The maximum Gasteiger partial charge on any atom is 0.373 e. The van der Waals surface area contributed by atoms with Crippen molar-refractivity contribution in [2.24, 2.45) is 0 Å². The largest absolute Gasteiger partial charge is 0.475 e. The van der Waals surface area contributed by atoms with Gasteiger partial charge in [0.2, 0.25) is 5.82 Å². The van der Waals surface area contributed by atoms with Gasteiger partial charge >= 0.3 is 5.97 Å². The Labute approximate surface area is 98.4 Å². The SMILES string of the molecule is CCOC(CC)c1nc(C(=O)O)ncc1Cl. The molecule has 1 aromatic heterocycles. The fourth-order valence-electron chi connectivity index (χ4n) is 1.30. The minimum absolute atomic E-state index is 0.266. The molecule has 1 atom stereocenters. The van der Waals surface area contributed by atoms with Crippen molar-refractivity contribution >= 4 is 17.6 Å². The van der Waals surface area contributed by atoms with Crippen LogP contribution in [-0.2, 0) is 4.74 Å². The number of hydrogen-bond acceptors (Lipinski definition) is 4. The lowest BCUT2D eigenvalue weighted by Crippen LogP contribution is -2.11. The molecule has 0 aliphatic heterocycles. The maximum atomic E-state index is 10.7. The van der Waals surface area contributed by atoms with Crippen molar-refractivity contribution in [2.45, 2.75) is 26.4 Å². The van der Waals surface area contributed by atoms with Crippen LogP contribution in [-0.4, -0.2) is 27.7 Å². The highest BCUT2D eigenvalue weighted by Crippen LogP contribution is 2.25. The van der Waals surface area contributed by atoms with E-state index in [-0.39, 0.29) is 11.9 Å². The molecule has 1 N–H and O–H groups in total. The van der Waals surface area contributed by atoms with Gasteiger partial charge in [0.05, 0.1) is 16.9 Å². The first-order valence-electron chi connectivity index (χ1n) is 4.97. The molecule has 0 spiro atoms. The number of nitrogens with zero attached hydrogens (tertiary/aromatic N) is 2. The average molecular weight is 245 g/mol. The van der Waals surface area contributed by atoms with Gasteiger partial charge in [-0.1, -0.05) is 18.5 Å². The van der Waals surface area contributed by atoms with Crippen molar-refractivity contribution in [2.75, 3.05) is 6.61 Å². The summed E-state index contributed by atoms with van der Waals surface area (Å²) in [7, 11) is 0. The predicted molar refractivity (Wildman–Crippen MR) is 58.7 cm³/mol. The van der Waals surface area contributed by atoms with Crippen LogP contribution >= 0.6 is 11.6 Å². The molecule has 1 heterocycles. The Balaban J connectivity index is 3.09. The highest BCUT2D eigenvalue weighted by molar-refractivity contribution is 6.31. The van der Waals surface area contributed by atoms with E-state index in [0.717, 1.165) is 0 Å². The Morgan fingerprint density at radius 3 is 2.81 bits per heavy atom. The lowest BCUT2D eigenvalue weighted by Gasteiger charge is -2.15. The van der Waals surface area contributed by atoms with Crippen molar-refractivity contribution in [1.82, 2.24) is 9.97 Å². The standard InChI is InChI=1S/C10H13ClN2O3/c1-3-7(16-4-2)8-6(11)5-12-9(13-8)10(14)15/h5,7H,3-4H2,1-2H3,(H,14,15). The van der Waals surface area contributed by atoms with Gasteiger partial charge in [-0.2, -0.15) is 0 Å². The number of aromatic nitrogens is 2. The van der Waals surface area contributed by atoms with Crippen LogP contribution in [0.25, 0.3) is 0 Å². The number of aromatic carboxylic acids is 1. The molecule has 1 rings (SSSR count). The average Bonchev–Trinajstić information content (AvgIpc) is 2.26. The summed E-state index contributed by atoms with van der Waals surface area (Å²) in [5.74, 6) is -1.44. The second-order valence-electron chi connectivity index (χ2n) is 3.08. The number of rotatable bonds is 5. The smallest absolute Gasteiger partial charge is 0.373 e. The molecule has 0 fully saturated rings. The van der Waals surface area contributed by atoms with Gasteiger partial charge in [0.1, 0.15) is 6.10 Å². The van der Waals surface area contributed by atoms with Crippen LogP contribution < -0.4 is 0 Å². The Bertz CT molecular complexity index is 384. The Kier molecular flexibility index (Phi) is 4.64. The van der Waals surface area contributed by atoms with Crippen LogP contribution in [0.1, 0.15) is 42.7 Å². The highest BCUT2D eigenvalue weighted by Gasteiger charge is 2.18. The number of carbonyl (C=O) groups is 1. The van der Waals surface area contributed by atoms with E-state index in [1.165, 1.54) is 6.20 Å². The first kappa shape index (κ1) is 12.9. The number of hydrogen-bond donors (Lipinski definition) is 1. The zero-order chi connectivity index (χ0) is 12.1. The van der Waals surface area contributed by atoms with Crippen LogP contribution in [0.2, 0.25) is 5.02 Å². The van der Waals surface area contributed by atoms with E-state index < -0.39 is 5.97 Å². The summed E-state index contributed by atoms with van der Waals surface area (Å²) in [6, 6.07) is 0. The molecule has 6 heteroatoms. The summed E-state index contributed by atoms with van der Waals surface area (Å²) in [5, 5.41) is 9.10. The molecule has 0 aromatic carbocycles. The molecule has 1 unspecified atom stereocenters. The fraction of sp³-hybridized carbons (Fsp3) is 0.500. The summed E-state index contributed by atoms with van der Waals surface area (Å²) in [4.78, 5) is 18.2. The van der Waals surface area contributed by atoms with E-state index in [4.69, 9.17) is 21.4 Å². The summed E-state index contributed by atoms with van der Waals surface area (Å²) >= 11 is 5.91. The van der Waals surface area contributed by atoms with Gasteiger partial charge in [0, 0.05) is 6.61 Å². The summed E-state index contributed by atoms with van der Waals surface area (Å²) in [6.45, 7) is 4.29. The first-order valence-corrected chi connectivity index (χ1v) is 5.35. The van der Waals surface area contributed by atoms with Crippen molar-refractivity contribution in [3.05, 3.63) is 22.7 Å². The summed E-state index contributed by atoms with van der Waals surface area (Å²) in [6.07, 6.45) is 1.66. The van der Waals surface area contributed by atoms with Crippen LogP contribution in [0.5, 0.6) is 0 Å². The van der Waals surface area contributed by atoms with Gasteiger partial charge in [-0.15, -0.1) is 0 Å². The zero-order valence-corrected chi connectivity index (χ0v) is 9.86. The molecule has 16 heavy (non-hydrogen) atoms. The lowest BCUT2D eigenvalue weighted by molar-refractivity contribution is 0.0558. The van der Waals surface area contributed by atoms with Gasteiger partial charge in [0.15, 0.2) is 0 Å². The van der Waals surface area contributed by atoms with Gasteiger partial charge < -0.3 is 9.84 Å². The Morgan fingerprint density at radius 1 is 1.62 bits per heavy atom. The second kappa shape index (κ2) is 5.77. The van der Waals surface area contributed by atoms with Crippen LogP contribution in [0.15, 0.2) is 6.20 Å². The predicted octanol–water partition coefficient (Wildman–Crippen LogP) is 2.32. The molecule has 88 valence electrons. The van der Waals surface area contributed by atoms with E-state index in [1.807, 2.05) is 13.8 Å². The first-order chi connectivity index (χ1) is 7.60. The van der Waals surface area contributed by atoms with Crippen molar-refractivity contribution in [1.29, 1.82) is 0 Å². The lowest BCUT2D eigenvalue weighted by atomic mass is 10.2. The number of carboxylic acid groups (broad SMARTS) is 1. The van der Waals surface area contributed by atoms with Gasteiger partial charge in [-0.05, 0) is 13.3 Å². The van der Waals surface area contributed by atoms with Crippen LogP contribution in [0, 0.1) is 0 Å². The van der Waals surface area contributed by atoms with Crippen LogP contribution in [0.4, 0.5) is 0 Å². The molecule has 0 saturated heterocycles. The molecular formula is C10H13ClN2O3. The molecular weight excluding hydrogens is 232 g/mol. The fourth-order valence-corrected chi connectivity index (χ4v) is 1.51. The van der Waals surface area contributed by atoms with Gasteiger partial charge in [0.25, 0.3) is 0 Å². The number of halogens is 1. The molecule has 1 aromatic rings.